The molecule has 2 atom stereocenters. The molecule has 0 amide bonds. The summed E-state index contributed by atoms with van der Waals surface area (Å²) in [5.41, 5.74) is 5.77. The Bertz CT molecular complexity index is 224. The summed E-state index contributed by atoms with van der Waals surface area (Å²) in [6.07, 6.45) is 2.26. The van der Waals surface area contributed by atoms with Gasteiger partial charge in [-0.05, 0) is 19.8 Å². The van der Waals surface area contributed by atoms with E-state index in [1.54, 1.807) is 0 Å². The van der Waals surface area contributed by atoms with Gasteiger partial charge in [-0.1, -0.05) is 26.1 Å². The molecule has 4 heteroatoms. The zero-order valence-corrected chi connectivity index (χ0v) is 11.6. The molecule has 1 heterocycles. The van der Waals surface area contributed by atoms with Crippen LogP contribution in [0.15, 0.2) is 0 Å². The summed E-state index contributed by atoms with van der Waals surface area (Å²) in [6, 6.07) is 1.00. The molecule has 0 aromatic heterocycles. The van der Waals surface area contributed by atoms with Crippen LogP contribution >= 0.6 is 12.2 Å². The van der Waals surface area contributed by atoms with E-state index in [0.29, 0.717) is 17.1 Å². The number of rotatable bonds is 5. The van der Waals surface area contributed by atoms with Crippen LogP contribution in [0.4, 0.5) is 0 Å². The predicted molar refractivity (Wildman–Crippen MR) is 73.8 cm³/mol. The van der Waals surface area contributed by atoms with Gasteiger partial charge in [0.1, 0.15) is 0 Å². The first-order valence-corrected chi connectivity index (χ1v) is 6.78. The largest absolute Gasteiger partial charge is 0.392 e. The van der Waals surface area contributed by atoms with Crippen molar-refractivity contribution in [2.45, 2.75) is 45.7 Å². The predicted octanol–water partition coefficient (Wildman–Crippen LogP) is 1.47. The topological polar surface area (TPSA) is 32.5 Å². The van der Waals surface area contributed by atoms with Crippen molar-refractivity contribution in [3.8, 4) is 0 Å². The highest BCUT2D eigenvalue weighted by Crippen LogP contribution is 2.13. The standard InChI is InChI=1S/C12H25N3S/c1-4-10(3)14-6-8-15(9-7-14)11(5-2)12(13)16/h10-11H,4-9H2,1-3H3,(H2,13,16). The van der Waals surface area contributed by atoms with Crippen LogP contribution in [0.3, 0.4) is 0 Å². The third kappa shape index (κ3) is 3.40. The molecule has 1 aliphatic heterocycles. The molecule has 0 aliphatic carbocycles. The van der Waals surface area contributed by atoms with Crippen LogP contribution in [0, 0.1) is 0 Å². The Morgan fingerprint density at radius 2 is 1.62 bits per heavy atom. The minimum absolute atomic E-state index is 0.300. The number of hydrogen-bond donors (Lipinski definition) is 1. The molecule has 2 N–H and O–H groups in total. The maximum Gasteiger partial charge on any atom is 0.0901 e. The Hall–Kier alpha value is -0.190. The van der Waals surface area contributed by atoms with E-state index in [-0.39, 0.29) is 0 Å². The average Bonchev–Trinajstić information content (AvgIpc) is 2.29. The third-order valence-electron chi connectivity index (χ3n) is 3.72. The van der Waals surface area contributed by atoms with Crippen molar-refractivity contribution < 1.29 is 0 Å². The molecule has 94 valence electrons. The van der Waals surface area contributed by atoms with Crippen LogP contribution in [0.25, 0.3) is 0 Å². The second-order valence-corrected chi connectivity index (χ2v) is 5.13. The van der Waals surface area contributed by atoms with Crippen molar-refractivity contribution in [2.24, 2.45) is 5.73 Å². The van der Waals surface area contributed by atoms with Gasteiger partial charge in [0.15, 0.2) is 0 Å². The summed E-state index contributed by atoms with van der Waals surface area (Å²) in [6.45, 7) is 11.2. The van der Waals surface area contributed by atoms with Gasteiger partial charge in [-0.15, -0.1) is 0 Å². The fourth-order valence-corrected chi connectivity index (χ4v) is 2.70. The average molecular weight is 243 g/mol. The number of hydrogen-bond acceptors (Lipinski definition) is 3. The molecule has 2 unspecified atom stereocenters. The lowest BCUT2D eigenvalue weighted by molar-refractivity contribution is 0.0885. The lowest BCUT2D eigenvalue weighted by Gasteiger charge is -2.40. The highest BCUT2D eigenvalue weighted by Gasteiger charge is 2.25. The Labute approximate surface area is 105 Å². The SMILES string of the molecule is CCC(C)N1CCN(C(CC)C(N)=S)CC1. The van der Waals surface area contributed by atoms with Gasteiger partial charge >= 0.3 is 0 Å². The van der Waals surface area contributed by atoms with Crippen LogP contribution in [-0.2, 0) is 0 Å². The van der Waals surface area contributed by atoms with Crippen LogP contribution in [0.1, 0.15) is 33.6 Å². The molecule has 3 nitrogen and oxygen atoms in total. The quantitative estimate of drug-likeness (QED) is 0.741. The zero-order chi connectivity index (χ0) is 12.1. The minimum atomic E-state index is 0.300. The summed E-state index contributed by atoms with van der Waals surface area (Å²) in [5, 5.41) is 0. The minimum Gasteiger partial charge on any atom is -0.392 e. The zero-order valence-electron chi connectivity index (χ0n) is 10.8. The van der Waals surface area contributed by atoms with Crippen molar-refractivity contribution in [2.75, 3.05) is 26.2 Å². The Balaban J connectivity index is 2.44. The van der Waals surface area contributed by atoms with Crippen molar-refractivity contribution in [1.82, 2.24) is 9.80 Å². The van der Waals surface area contributed by atoms with Crippen LogP contribution in [-0.4, -0.2) is 53.1 Å². The van der Waals surface area contributed by atoms with Crippen LogP contribution in [0.5, 0.6) is 0 Å². The Morgan fingerprint density at radius 3 is 2.00 bits per heavy atom. The van der Waals surface area contributed by atoms with Gasteiger partial charge in [0.2, 0.25) is 0 Å². The second kappa shape index (κ2) is 6.52. The highest BCUT2D eigenvalue weighted by atomic mass is 32.1. The van der Waals surface area contributed by atoms with Crippen molar-refractivity contribution >= 4 is 17.2 Å². The van der Waals surface area contributed by atoms with Gasteiger partial charge in [0.05, 0.1) is 11.0 Å². The monoisotopic (exact) mass is 243 g/mol. The van der Waals surface area contributed by atoms with E-state index < -0.39 is 0 Å². The molecule has 1 saturated heterocycles. The molecule has 1 rings (SSSR count). The summed E-state index contributed by atoms with van der Waals surface area (Å²) in [4.78, 5) is 5.64. The summed E-state index contributed by atoms with van der Waals surface area (Å²) in [7, 11) is 0. The van der Waals surface area contributed by atoms with Gasteiger partial charge in [0, 0.05) is 32.2 Å². The van der Waals surface area contributed by atoms with E-state index in [0.717, 1.165) is 32.6 Å². The van der Waals surface area contributed by atoms with Gasteiger partial charge in [-0.2, -0.15) is 0 Å². The van der Waals surface area contributed by atoms with Gasteiger partial charge in [-0.25, -0.2) is 0 Å². The molecule has 0 saturated carbocycles. The fourth-order valence-electron chi connectivity index (χ4n) is 2.39. The normalized spacial score (nSPS) is 22.9. The van der Waals surface area contributed by atoms with Gasteiger partial charge in [-0.3, -0.25) is 9.80 Å². The Morgan fingerprint density at radius 1 is 1.12 bits per heavy atom. The van der Waals surface area contributed by atoms with E-state index in [9.17, 15) is 0 Å². The third-order valence-corrected chi connectivity index (χ3v) is 3.99. The number of nitrogens with two attached hydrogens (primary N) is 1. The van der Waals surface area contributed by atoms with Crippen LogP contribution < -0.4 is 5.73 Å². The highest BCUT2D eigenvalue weighted by molar-refractivity contribution is 7.80. The molecule has 0 aromatic carbocycles. The van der Waals surface area contributed by atoms with E-state index in [4.69, 9.17) is 18.0 Å². The molecule has 0 spiro atoms. The molecule has 1 fully saturated rings. The summed E-state index contributed by atoms with van der Waals surface area (Å²) >= 11 is 5.12. The first-order valence-electron chi connectivity index (χ1n) is 6.37. The second-order valence-electron chi connectivity index (χ2n) is 4.66. The summed E-state index contributed by atoms with van der Waals surface area (Å²) < 4.78 is 0. The number of thiocarbonyl (C=S) groups is 1. The van der Waals surface area contributed by atoms with Gasteiger partial charge in [0.25, 0.3) is 0 Å². The van der Waals surface area contributed by atoms with E-state index in [2.05, 4.69) is 30.6 Å². The molecular formula is C12H25N3S. The molecular weight excluding hydrogens is 218 g/mol. The molecule has 1 aliphatic rings. The lowest BCUT2D eigenvalue weighted by atomic mass is 10.1. The van der Waals surface area contributed by atoms with Crippen molar-refractivity contribution in [3.05, 3.63) is 0 Å². The van der Waals surface area contributed by atoms with E-state index in [1.807, 2.05) is 0 Å². The van der Waals surface area contributed by atoms with E-state index >= 15 is 0 Å². The van der Waals surface area contributed by atoms with Gasteiger partial charge < -0.3 is 5.73 Å². The molecule has 16 heavy (non-hydrogen) atoms. The van der Waals surface area contributed by atoms with Crippen molar-refractivity contribution in [1.29, 1.82) is 0 Å². The first-order chi connectivity index (χ1) is 7.60. The molecule has 0 bridgehead atoms. The van der Waals surface area contributed by atoms with E-state index in [1.165, 1.54) is 6.42 Å². The van der Waals surface area contributed by atoms with Crippen molar-refractivity contribution in [3.63, 3.8) is 0 Å². The molecule has 0 radical (unpaired) electrons. The smallest absolute Gasteiger partial charge is 0.0901 e. The number of piperazine rings is 1. The fraction of sp³-hybridized carbons (Fsp3) is 0.917. The Kier molecular flexibility index (Phi) is 5.66. The van der Waals surface area contributed by atoms with Crippen LogP contribution in [0.2, 0.25) is 0 Å². The maximum atomic E-state index is 5.77. The summed E-state index contributed by atoms with van der Waals surface area (Å²) in [5.74, 6) is 0. The maximum absolute atomic E-state index is 5.77. The first kappa shape index (κ1) is 13.9. The number of nitrogens with zero attached hydrogens (tertiary/aromatic N) is 2. The molecule has 0 aromatic rings. The lowest BCUT2D eigenvalue weighted by Crippen LogP contribution is -2.55.